The van der Waals surface area contributed by atoms with Crippen LogP contribution in [0.3, 0.4) is 0 Å². The standard InChI is InChI=1S/C15H22N4O2/c1-6-21-14-9-13(18-4-7-20-8-5-18)11-17-15(14)19-3-2-16-10-12(1)19/h9,11-12,16H,1-8,10H2/t12-/m1/s1. The van der Waals surface area contributed by atoms with Gasteiger partial charge in [0, 0.05) is 51.3 Å². The average Bonchev–Trinajstić information content (AvgIpc) is 2.74. The maximum absolute atomic E-state index is 5.98. The Morgan fingerprint density at radius 2 is 2.10 bits per heavy atom. The minimum absolute atomic E-state index is 0.502. The molecule has 1 aromatic heterocycles. The number of piperazine rings is 1. The Morgan fingerprint density at radius 3 is 3.00 bits per heavy atom. The zero-order valence-corrected chi connectivity index (χ0v) is 12.3. The van der Waals surface area contributed by atoms with Crippen molar-refractivity contribution in [3.63, 3.8) is 0 Å². The van der Waals surface area contributed by atoms with Crippen molar-refractivity contribution >= 4 is 11.5 Å². The summed E-state index contributed by atoms with van der Waals surface area (Å²) in [5.41, 5.74) is 1.14. The molecule has 3 aliphatic rings. The monoisotopic (exact) mass is 290 g/mol. The first kappa shape index (κ1) is 13.2. The number of pyridine rings is 1. The van der Waals surface area contributed by atoms with Crippen LogP contribution in [0, 0.1) is 0 Å². The van der Waals surface area contributed by atoms with E-state index >= 15 is 0 Å². The maximum Gasteiger partial charge on any atom is 0.171 e. The number of hydrogen-bond acceptors (Lipinski definition) is 6. The molecule has 6 nitrogen and oxygen atoms in total. The van der Waals surface area contributed by atoms with Crippen molar-refractivity contribution in [2.45, 2.75) is 12.5 Å². The molecule has 2 fully saturated rings. The first-order valence-electron chi connectivity index (χ1n) is 7.85. The molecule has 21 heavy (non-hydrogen) atoms. The van der Waals surface area contributed by atoms with Gasteiger partial charge in [0.05, 0.1) is 31.7 Å². The molecule has 0 spiro atoms. The van der Waals surface area contributed by atoms with Gasteiger partial charge < -0.3 is 24.6 Å². The van der Waals surface area contributed by atoms with Crippen molar-refractivity contribution in [1.29, 1.82) is 0 Å². The molecule has 3 aliphatic heterocycles. The van der Waals surface area contributed by atoms with E-state index in [0.717, 1.165) is 76.2 Å². The predicted molar refractivity (Wildman–Crippen MR) is 81.4 cm³/mol. The van der Waals surface area contributed by atoms with E-state index in [9.17, 15) is 0 Å². The molecule has 1 N–H and O–H groups in total. The van der Waals surface area contributed by atoms with Gasteiger partial charge in [-0.25, -0.2) is 4.98 Å². The lowest BCUT2D eigenvalue weighted by molar-refractivity contribution is 0.122. The van der Waals surface area contributed by atoms with Gasteiger partial charge in [0.2, 0.25) is 0 Å². The van der Waals surface area contributed by atoms with Crippen LogP contribution in [-0.4, -0.2) is 63.6 Å². The number of anilines is 2. The van der Waals surface area contributed by atoms with Gasteiger partial charge in [0.1, 0.15) is 0 Å². The highest BCUT2D eigenvalue weighted by Crippen LogP contribution is 2.34. The van der Waals surface area contributed by atoms with Crippen LogP contribution in [0.5, 0.6) is 5.75 Å². The smallest absolute Gasteiger partial charge is 0.171 e. The fourth-order valence-electron chi connectivity index (χ4n) is 3.35. The zero-order valence-electron chi connectivity index (χ0n) is 12.3. The van der Waals surface area contributed by atoms with Gasteiger partial charge in [-0.2, -0.15) is 0 Å². The lowest BCUT2D eigenvalue weighted by atomic mass is 10.1. The van der Waals surface area contributed by atoms with Crippen LogP contribution in [0.25, 0.3) is 0 Å². The summed E-state index contributed by atoms with van der Waals surface area (Å²) in [6, 6.07) is 2.65. The van der Waals surface area contributed by atoms with Crippen LogP contribution in [0.1, 0.15) is 6.42 Å². The molecular formula is C15H22N4O2. The second kappa shape index (κ2) is 5.69. The molecule has 0 bridgehead atoms. The number of ether oxygens (including phenoxy) is 2. The Morgan fingerprint density at radius 1 is 1.19 bits per heavy atom. The number of nitrogens with zero attached hydrogens (tertiary/aromatic N) is 3. The minimum Gasteiger partial charge on any atom is -0.490 e. The first-order chi connectivity index (χ1) is 10.4. The largest absolute Gasteiger partial charge is 0.490 e. The number of nitrogens with one attached hydrogen (secondary N) is 1. The highest BCUT2D eigenvalue weighted by atomic mass is 16.5. The van der Waals surface area contributed by atoms with Crippen LogP contribution in [-0.2, 0) is 4.74 Å². The number of hydrogen-bond donors (Lipinski definition) is 1. The van der Waals surface area contributed by atoms with Crippen LogP contribution < -0.4 is 19.9 Å². The topological polar surface area (TPSA) is 49.9 Å². The van der Waals surface area contributed by atoms with E-state index in [-0.39, 0.29) is 0 Å². The summed E-state index contributed by atoms with van der Waals surface area (Å²) >= 11 is 0. The van der Waals surface area contributed by atoms with Gasteiger partial charge in [-0.1, -0.05) is 0 Å². The fourth-order valence-corrected chi connectivity index (χ4v) is 3.35. The minimum atomic E-state index is 0.502. The van der Waals surface area contributed by atoms with E-state index in [0.29, 0.717) is 6.04 Å². The molecule has 114 valence electrons. The second-order valence-electron chi connectivity index (χ2n) is 5.80. The van der Waals surface area contributed by atoms with Gasteiger partial charge in [0.15, 0.2) is 11.6 Å². The van der Waals surface area contributed by atoms with Crippen molar-refractivity contribution in [2.24, 2.45) is 0 Å². The van der Waals surface area contributed by atoms with Gasteiger partial charge in [0.25, 0.3) is 0 Å². The lowest BCUT2D eigenvalue weighted by Crippen LogP contribution is -2.51. The number of morpholine rings is 1. The Labute approximate surface area is 125 Å². The summed E-state index contributed by atoms with van der Waals surface area (Å²) < 4.78 is 11.4. The summed E-state index contributed by atoms with van der Waals surface area (Å²) in [5, 5.41) is 3.46. The summed E-state index contributed by atoms with van der Waals surface area (Å²) in [4.78, 5) is 9.45. The third-order valence-electron chi connectivity index (χ3n) is 4.53. The van der Waals surface area contributed by atoms with Crippen LogP contribution >= 0.6 is 0 Å². The molecule has 0 unspecified atom stereocenters. The summed E-state index contributed by atoms with van der Waals surface area (Å²) in [6.45, 7) is 7.25. The molecular weight excluding hydrogens is 268 g/mol. The number of rotatable bonds is 1. The van der Waals surface area contributed by atoms with E-state index in [1.54, 1.807) is 0 Å². The summed E-state index contributed by atoms with van der Waals surface area (Å²) in [6.07, 6.45) is 3.04. The molecule has 6 heteroatoms. The van der Waals surface area contributed by atoms with E-state index in [2.05, 4.69) is 21.2 Å². The van der Waals surface area contributed by atoms with E-state index in [1.165, 1.54) is 0 Å². The lowest BCUT2D eigenvalue weighted by Gasteiger charge is -2.36. The van der Waals surface area contributed by atoms with E-state index in [1.807, 2.05) is 6.20 Å². The predicted octanol–water partition coefficient (Wildman–Crippen LogP) is 0.479. The first-order valence-corrected chi connectivity index (χ1v) is 7.85. The Bertz CT molecular complexity index is 504. The van der Waals surface area contributed by atoms with Crippen molar-refractivity contribution < 1.29 is 9.47 Å². The van der Waals surface area contributed by atoms with Gasteiger partial charge in [-0.05, 0) is 0 Å². The normalized spacial score (nSPS) is 25.6. The molecule has 0 aromatic carbocycles. The quantitative estimate of drug-likeness (QED) is 0.812. The highest BCUT2D eigenvalue weighted by molar-refractivity contribution is 5.61. The SMILES string of the molecule is c1nc2c(cc1N1CCOCC1)OCC[C@@H]1CNCCN21. The van der Waals surface area contributed by atoms with Crippen LogP contribution in [0.2, 0.25) is 0 Å². The number of aromatic nitrogens is 1. The Balaban J connectivity index is 1.63. The summed E-state index contributed by atoms with van der Waals surface area (Å²) in [7, 11) is 0. The molecule has 0 radical (unpaired) electrons. The fraction of sp³-hybridized carbons (Fsp3) is 0.667. The molecule has 0 amide bonds. The van der Waals surface area contributed by atoms with E-state index in [4.69, 9.17) is 14.5 Å². The number of fused-ring (bicyclic) bond motifs is 3. The van der Waals surface area contributed by atoms with Crippen molar-refractivity contribution in [3.8, 4) is 5.75 Å². The molecule has 4 rings (SSSR count). The molecule has 4 heterocycles. The molecule has 0 saturated carbocycles. The third kappa shape index (κ3) is 2.53. The molecule has 2 saturated heterocycles. The molecule has 0 aliphatic carbocycles. The van der Waals surface area contributed by atoms with Crippen LogP contribution in [0.4, 0.5) is 11.5 Å². The van der Waals surface area contributed by atoms with Crippen molar-refractivity contribution in [1.82, 2.24) is 10.3 Å². The van der Waals surface area contributed by atoms with Gasteiger partial charge in [-0.15, -0.1) is 0 Å². The Hall–Kier alpha value is -1.53. The van der Waals surface area contributed by atoms with Gasteiger partial charge >= 0.3 is 0 Å². The van der Waals surface area contributed by atoms with Gasteiger partial charge in [-0.3, -0.25) is 0 Å². The van der Waals surface area contributed by atoms with Crippen molar-refractivity contribution in [3.05, 3.63) is 12.3 Å². The van der Waals surface area contributed by atoms with Crippen LogP contribution in [0.15, 0.2) is 12.3 Å². The maximum atomic E-state index is 5.98. The average molecular weight is 290 g/mol. The van der Waals surface area contributed by atoms with Crippen molar-refractivity contribution in [2.75, 3.05) is 62.3 Å². The second-order valence-corrected chi connectivity index (χ2v) is 5.80. The molecule has 1 aromatic rings. The van der Waals surface area contributed by atoms with E-state index < -0.39 is 0 Å². The highest BCUT2D eigenvalue weighted by Gasteiger charge is 2.29. The Kier molecular flexibility index (Phi) is 3.57. The zero-order chi connectivity index (χ0) is 14.1. The third-order valence-corrected chi connectivity index (χ3v) is 4.53. The molecule has 1 atom stereocenters. The summed E-state index contributed by atoms with van der Waals surface area (Å²) in [5.74, 6) is 1.94.